The Morgan fingerprint density at radius 2 is 2.17 bits per heavy atom. The Morgan fingerprint density at radius 1 is 1.39 bits per heavy atom. The summed E-state index contributed by atoms with van der Waals surface area (Å²) in [7, 11) is 0. The molecule has 1 heterocycles. The van der Waals surface area contributed by atoms with Gasteiger partial charge in [-0.05, 0) is 44.8 Å². The molecule has 1 saturated heterocycles. The molecule has 0 radical (unpaired) electrons. The van der Waals surface area contributed by atoms with Crippen LogP contribution in [0.3, 0.4) is 0 Å². The summed E-state index contributed by atoms with van der Waals surface area (Å²) in [5, 5.41) is 3.37. The highest BCUT2D eigenvalue weighted by Crippen LogP contribution is 2.18. The summed E-state index contributed by atoms with van der Waals surface area (Å²) in [5.74, 6) is 0.552. The van der Waals surface area contributed by atoms with Crippen LogP contribution in [0.5, 0.6) is 0 Å². The Bertz CT molecular complexity index is 224. The molecule has 0 aromatic heterocycles. The van der Waals surface area contributed by atoms with Crippen LogP contribution in [0.2, 0.25) is 0 Å². The summed E-state index contributed by atoms with van der Waals surface area (Å²) >= 11 is 0. The third-order valence-electron chi connectivity index (χ3n) is 3.14. The molecule has 108 valence electrons. The fraction of sp³-hybridized carbons (Fsp3) is 1.00. The molecule has 1 atom stereocenters. The lowest BCUT2D eigenvalue weighted by Gasteiger charge is -2.32. The third kappa shape index (κ3) is 7.18. The Morgan fingerprint density at radius 3 is 2.83 bits per heavy atom. The minimum atomic E-state index is -4.50. The molecular weight excluding hydrogens is 245 g/mol. The van der Waals surface area contributed by atoms with Crippen LogP contribution < -0.4 is 5.32 Å². The van der Waals surface area contributed by atoms with E-state index in [0.29, 0.717) is 12.5 Å². The molecule has 18 heavy (non-hydrogen) atoms. The molecule has 0 aromatic carbocycles. The van der Waals surface area contributed by atoms with Crippen molar-refractivity contribution in [1.82, 2.24) is 10.2 Å². The van der Waals surface area contributed by atoms with Crippen molar-refractivity contribution in [3.63, 3.8) is 0 Å². The normalized spacial score (nSPS) is 22.3. The number of likely N-dealkylation sites (tertiary alicyclic amines) is 1. The predicted octanol–water partition coefficient (Wildman–Crippen LogP) is 2.23. The smallest absolute Gasteiger partial charge is 0.316 e. The largest absolute Gasteiger partial charge is 0.522 e. The lowest BCUT2D eigenvalue weighted by molar-refractivity contribution is -0.325. The zero-order chi connectivity index (χ0) is 13.4. The molecule has 1 unspecified atom stereocenters. The highest BCUT2D eigenvalue weighted by atomic mass is 19.4. The SMILES string of the molecule is CCCNCC1CCCN(CCOC(F)(F)F)C1. The first kappa shape index (κ1) is 15.7. The molecule has 1 N–H and O–H groups in total. The van der Waals surface area contributed by atoms with E-state index < -0.39 is 6.36 Å². The predicted molar refractivity (Wildman–Crippen MR) is 64.3 cm³/mol. The van der Waals surface area contributed by atoms with Gasteiger partial charge in [0.15, 0.2) is 0 Å². The van der Waals surface area contributed by atoms with E-state index in [0.717, 1.165) is 45.4 Å². The van der Waals surface area contributed by atoms with Crippen LogP contribution in [0.1, 0.15) is 26.2 Å². The van der Waals surface area contributed by atoms with Gasteiger partial charge in [0.25, 0.3) is 0 Å². The lowest BCUT2D eigenvalue weighted by atomic mass is 9.98. The Balaban J connectivity index is 2.14. The van der Waals surface area contributed by atoms with Crippen LogP contribution in [0.25, 0.3) is 0 Å². The number of nitrogens with one attached hydrogen (secondary N) is 1. The molecule has 3 nitrogen and oxygen atoms in total. The van der Waals surface area contributed by atoms with E-state index in [1.165, 1.54) is 0 Å². The third-order valence-corrected chi connectivity index (χ3v) is 3.14. The van der Waals surface area contributed by atoms with Crippen LogP contribution in [0.4, 0.5) is 13.2 Å². The fourth-order valence-corrected chi connectivity index (χ4v) is 2.29. The van der Waals surface area contributed by atoms with Crippen LogP contribution in [0.15, 0.2) is 0 Å². The summed E-state index contributed by atoms with van der Waals surface area (Å²) in [6, 6.07) is 0. The van der Waals surface area contributed by atoms with E-state index in [1.807, 2.05) is 0 Å². The average Bonchev–Trinajstić information content (AvgIpc) is 2.28. The summed E-state index contributed by atoms with van der Waals surface area (Å²) < 4.78 is 39.3. The molecule has 0 spiro atoms. The van der Waals surface area contributed by atoms with Gasteiger partial charge in [0.05, 0.1) is 6.61 Å². The maximum atomic E-state index is 11.8. The maximum Gasteiger partial charge on any atom is 0.522 e. The van der Waals surface area contributed by atoms with Crippen LogP contribution in [-0.2, 0) is 4.74 Å². The van der Waals surface area contributed by atoms with Gasteiger partial charge >= 0.3 is 6.36 Å². The van der Waals surface area contributed by atoms with E-state index in [4.69, 9.17) is 0 Å². The first-order valence-corrected chi connectivity index (χ1v) is 6.65. The van der Waals surface area contributed by atoms with Crippen molar-refractivity contribution in [3.05, 3.63) is 0 Å². The van der Waals surface area contributed by atoms with Gasteiger partial charge in [-0.15, -0.1) is 13.2 Å². The van der Waals surface area contributed by atoms with Gasteiger partial charge in [-0.1, -0.05) is 6.92 Å². The fourth-order valence-electron chi connectivity index (χ4n) is 2.29. The van der Waals surface area contributed by atoms with E-state index in [1.54, 1.807) is 0 Å². The number of hydrogen-bond acceptors (Lipinski definition) is 3. The van der Waals surface area contributed by atoms with Gasteiger partial charge in [-0.2, -0.15) is 0 Å². The van der Waals surface area contributed by atoms with Gasteiger partial charge in [0.1, 0.15) is 0 Å². The maximum absolute atomic E-state index is 11.8. The van der Waals surface area contributed by atoms with E-state index in [2.05, 4.69) is 21.9 Å². The molecular formula is C12H23F3N2O. The second-order valence-corrected chi connectivity index (χ2v) is 4.81. The van der Waals surface area contributed by atoms with Crippen molar-refractivity contribution in [1.29, 1.82) is 0 Å². The lowest BCUT2D eigenvalue weighted by Crippen LogP contribution is -2.41. The highest BCUT2D eigenvalue weighted by molar-refractivity contribution is 4.74. The Hall–Kier alpha value is -0.330. The quantitative estimate of drug-likeness (QED) is 0.717. The summed E-state index contributed by atoms with van der Waals surface area (Å²) in [5.41, 5.74) is 0. The molecule has 0 aliphatic carbocycles. The van der Waals surface area contributed by atoms with Crippen molar-refractivity contribution in [2.24, 2.45) is 5.92 Å². The van der Waals surface area contributed by atoms with Gasteiger partial charge < -0.3 is 10.2 Å². The minimum absolute atomic E-state index is 0.265. The zero-order valence-electron chi connectivity index (χ0n) is 10.9. The monoisotopic (exact) mass is 268 g/mol. The number of piperidine rings is 1. The van der Waals surface area contributed by atoms with Crippen LogP contribution >= 0.6 is 0 Å². The van der Waals surface area contributed by atoms with Crippen molar-refractivity contribution < 1.29 is 17.9 Å². The number of rotatable bonds is 7. The number of hydrogen-bond donors (Lipinski definition) is 1. The average molecular weight is 268 g/mol. The molecule has 0 amide bonds. The standard InChI is InChI=1S/C12H23F3N2O/c1-2-5-16-9-11-4-3-6-17(10-11)7-8-18-12(13,14)15/h11,16H,2-10H2,1H3. The number of halogens is 3. The van der Waals surface area contributed by atoms with E-state index in [-0.39, 0.29) is 6.61 Å². The topological polar surface area (TPSA) is 24.5 Å². The van der Waals surface area contributed by atoms with Crippen molar-refractivity contribution >= 4 is 0 Å². The van der Waals surface area contributed by atoms with Gasteiger partial charge in [0.2, 0.25) is 0 Å². The molecule has 6 heteroatoms. The molecule has 1 aliphatic rings. The van der Waals surface area contributed by atoms with Gasteiger partial charge in [-0.3, -0.25) is 4.74 Å². The van der Waals surface area contributed by atoms with Crippen molar-refractivity contribution in [2.75, 3.05) is 39.3 Å². The first-order valence-electron chi connectivity index (χ1n) is 6.65. The van der Waals surface area contributed by atoms with Crippen LogP contribution in [-0.4, -0.2) is 50.6 Å². The molecule has 1 rings (SSSR count). The van der Waals surface area contributed by atoms with E-state index >= 15 is 0 Å². The first-order chi connectivity index (χ1) is 8.51. The Kier molecular flexibility index (Phi) is 6.96. The minimum Gasteiger partial charge on any atom is -0.316 e. The number of alkyl halides is 3. The second-order valence-electron chi connectivity index (χ2n) is 4.81. The highest BCUT2D eigenvalue weighted by Gasteiger charge is 2.29. The van der Waals surface area contributed by atoms with Gasteiger partial charge in [0, 0.05) is 13.1 Å². The number of ether oxygens (including phenoxy) is 1. The summed E-state index contributed by atoms with van der Waals surface area (Å²) in [4.78, 5) is 2.06. The van der Waals surface area contributed by atoms with E-state index in [9.17, 15) is 13.2 Å². The van der Waals surface area contributed by atoms with Crippen molar-refractivity contribution in [3.8, 4) is 0 Å². The number of nitrogens with zero attached hydrogens (tertiary/aromatic N) is 1. The zero-order valence-corrected chi connectivity index (χ0v) is 10.9. The molecule has 0 saturated carbocycles. The summed E-state index contributed by atoms with van der Waals surface area (Å²) in [6.07, 6.45) is -1.18. The van der Waals surface area contributed by atoms with Crippen LogP contribution in [0, 0.1) is 5.92 Å². The Labute approximate surface area is 107 Å². The molecule has 0 bridgehead atoms. The second kappa shape index (κ2) is 7.96. The molecule has 1 fully saturated rings. The molecule has 0 aromatic rings. The van der Waals surface area contributed by atoms with Gasteiger partial charge in [-0.25, -0.2) is 0 Å². The van der Waals surface area contributed by atoms with Crippen molar-refractivity contribution in [2.45, 2.75) is 32.5 Å². The summed E-state index contributed by atoms with van der Waals surface area (Å²) in [6.45, 7) is 5.94. The molecule has 1 aliphatic heterocycles.